The lowest BCUT2D eigenvalue weighted by Gasteiger charge is -2.38. The lowest BCUT2D eigenvalue weighted by atomic mass is 10.0. The lowest BCUT2D eigenvalue weighted by Crippen LogP contribution is -2.55. The van der Waals surface area contributed by atoms with Crippen LogP contribution in [0.5, 0.6) is 5.75 Å². The molecule has 0 unspecified atom stereocenters. The van der Waals surface area contributed by atoms with Crippen molar-refractivity contribution >= 4 is 29.2 Å². The van der Waals surface area contributed by atoms with Gasteiger partial charge >= 0.3 is 5.97 Å². The van der Waals surface area contributed by atoms with Gasteiger partial charge in [0.05, 0.1) is 49.1 Å². The Morgan fingerprint density at radius 2 is 2.07 bits per heavy atom. The number of amides is 1. The lowest BCUT2D eigenvalue weighted by molar-refractivity contribution is -0.141. The molecule has 0 spiro atoms. The molecule has 1 fully saturated rings. The summed E-state index contributed by atoms with van der Waals surface area (Å²) in [6, 6.07) is 2.86. The van der Waals surface area contributed by atoms with E-state index in [0.29, 0.717) is 48.0 Å². The molecule has 1 aliphatic heterocycles. The van der Waals surface area contributed by atoms with Crippen LogP contribution in [0.2, 0.25) is 5.02 Å². The van der Waals surface area contributed by atoms with Crippen LogP contribution in [0.3, 0.4) is 0 Å². The number of nitrogens with one attached hydrogen (secondary N) is 1. The van der Waals surface area contributed by atoms with Crippen LogP contribution >= 0.6 is 11.6 Å². The third kappa shape index (κ3) is 5.47. The van der Waals surface area contributed by atoms with Crippen LogP contribution in [0, 0.1) is 0 Å². The van der Waals surface area contributed by atoms with Gasteiger partial charge in [-0.1, -0.05) is 11.6 Å². The van der Waals surface area contributed by atoms with Crippen LogP contribution in [0.25, 0.3) is 0 Å². The van der Waals surface area contributed by atoms with E-state index in [2.05, 4.69) is 15.0 Å². The highest BCUT2D eigenvalue weighted by Gasteiger charge is 2.31. The zero-order valence-electron chi connectivity index (χ0n) is 15.8. The quantitative estimate of drug-likeness (QED) is 0.526. The summed E-state index contributed by atoms with van der Waals surface area (Å²) in [4.78, 5) is 26.2. The maximum Gasteiger partial charge on any atom is 0.306 e. The minimum absolute atomic E-state index is 0.169. The summed E-state index contributed by atoms with van der Waals surface area (Å²) < 4.78 is 15.5. The minimum Gasteiger partial charge on any atom is -0.496 e. The number of rotatable bonds is 7. The van der Waals surface area contributed by atoms with Crippen LogP contribution in [0.4, 0.5) is 5.69 Å². The van der Waals surface area contributed by atoms with E-state index >= 15 is 0 Å². The van der Waals surface area contributed by atoms with Crippen molar-refractivity contribution in [3.63, 3.8) is 0 Å². The van der Waals surface area contributed by atoms with Crippen molar-refractivity contribution in [1.82, 2.24) is 10.2 Å². The highest BCUT2D eigenvalue weighted by atomic mass is 35.5. The van der Waals surface area contributed by atoms with Gasteiger partial charge in [0, 0.05) is 32.8 Å². The number of benzene rings is 1. The standard InChI is InChI=1S/C18H26ClN3O5/c1-25-15-9-13(20)12(19)8-11(15)18(24)21-14-4-6-22(10-16(14)26-2)7-5-17(23)27-3/h8-9,14,16H,4-7,10,20H2,1-3H3,(H,21,24)/t14-,16+/m1/s1. The Bertz CT molecular complexity index is 685. The second-order valence-electron chi connectivity index (χ2n) is 6.34. The fourth-order valence-electron chi connectivity index (χ4n) is 3.10. The Kier molecular flexibility index (Phi) is 7.70. The average Bonchev–Trinajstić information content (AvgIpc) is 2.68. The number of halogens is 1. The van der Waals surface area contributed by atoms with Gasteiger partial charge in [-0.2, -0.15) is 0 Å². The summed E-state index contributed by atoms with van der Waals surface area (Å²) in [5, 5.41) is 3.29. The number of esters is 1. The van der Waals surface area contributed by atoms with Crippen LogP contribution in [0.1, 0.15) is 23.2 Å². The predicted molar refractivity (Wildman–Crippen MR) is 102 cm³/mol. The first-order valence-corrected chi connectivity index (χ1v) is 9.03. The van der Waals surface area contributed by atoms with E-state index in [1.54, 1.807) is 7.11 Å². The number of carbonyl (C=O) groups excluding carboxylic acids is 2. The average molecular weight is 400 g/mol. The summed E-state index contributed by atoms with van der Waals surface area (Å²) in [7, 11) is 4.45. The Morgan fingerprint density at radius 3 is 2.70 bits per heavy atom. The van der Waals surface area contributed by atoms with E-state index in [1.807, 2.05) is 0 Å². The molecule has 9 heteroatoms. The smallest absolute Gasteiger partial charge is 0.306 e. The first-order chi connectivity index (χ1) is 12.9. The third-order valence-corrected chi connectivity index (χ3v) is 5.01. The monoisotopic (exact) mass is 399 g/mol. The number of nitrogen functional groups attached to an aromatic ring is 1. The number of nitrogens with two attached hydrogens (primary N) is 1. The zero-order chi connectivity index (χ0) is 20.0. The molecule has 8 nitrogen and oxygen atoms in total. The van der Waals surface area contributed by atoms with Crippen molar-refractivity contribution in [2.24, 2.45) is 0 Å². The Hall–Kier alpha value is -2.03. The molecule has 0 bridgehead atoms. The van der Waals surface area contributed by atoms with Gasteiger partial charge in [-0.05, 0) is 12.5 Å². The fourth-order valence-corrected chi connectivity index (χ4v) is 3.26. The first kappa shape index (κ1) is 21.3. The number of anilines is 1. The SMILES string of the molecule is COC(=O)CCN1CC[C@@H](NC(=O)c2cc(Cl)c(N)cc2OC)[C@@H](OC)C1. The van der Waals surface area contributed by atoms with Crippen LogP contribution < -0.4 is 15.8 Å². The number of piperidine rings is 1. The van der Waals surface area contributed by atoms with Crippen LogP contribution in [0.15, 0.2) is 12.1 Å². The molecule has 1 saturated heterocycles. The van der Waals surface area contributed by atoms with E-state index in [9.17, 15) is 9.59 Å². The van der Waals surface area contributed by atoms with Gasteiger partial charge in [-0.15, -0.1) is 0 Å². The molecule has 150 valence electrons. The van der Waals surface area contributed by atoms with Crippen molar-refractivity contribution < 1.29 is 23.8 Å². The minimum atomic E-state index is -0.302. The number of hydrogen-bond acceptors (Lipinski definition) is 7. The molecule has 1 aliphatic rings. The normalized spacial score (nSPS) is 20.1. The molecule has 1 heterocycles. The molecule has 1 aromatic rings. The number of carbonyl (C=O) groups is 2. The molecule has 2 atom stereocenters. The number of nitrogens with zero attached hydrogens (tertiary/aromatic N) is 1. The Morgan fingerprint density at radius 1 is 1.33 bits per heavy atom. The largest absolute Gasteiger partial charge is 0.496 e. The van der Waals surface area contributed by atoms with E-state index in [-0.39, 0.29) is 24.0 Å². The van der Waals surface area contributed by atoms with E-state index in [4.69, 9.17) is 26.8 Å². The molecule has 27 heavy (non-hydrogen) atoms. The highest BCUT2D eigenvalue weighted by Crippen LogP contribution is 2.29. The molecular weight excluding hydrogens is 374 g/mol. The van der Waals surface area contributed by atoms with Gasteiger partial charge in [-0.25, -0.2) is 0 Å². The number of ether oxygens (including phenoxy) is 3. The van der Waals surface area contributed by atoms with E-state index in [1.165, 1.54) is 26.4 Å². The highest BCUT2D eigenvalue weighted by molar-refractivity contribution is 6.33. The third-order valence-electron chi connectivity index (χ3n) is 4.69. The molecule has 2 rings (SSSR count). The summed E-state index contributed by atoms with van der Waals surface area (Å²) in [6.07, 6.45) is 0.817. The van der Waals surface area contributed by atoms with Crippen molar-refractivity contribution in [2.45, 2.75) is 25.0 Å². The maximum atomic E-state index is 12.7. The maximum absolute atomic E-state index is 12.7. The van der Waals surface area contributed by atoms with Crippen molar-refractivity contribution in [2.75, 3.05) is 46.7 Å². The second kappa shape index (κ2) is 9.77. The van der Waals surface area contributed by atoms with Gasteiger partial charge in [-0.3, -0.25) is 9.59 Å². The fraction of sp³-hybridized carbons (Fsp3) is 0.556. The van der Waals surface area contributed by atoms with E-state index in [0.717, 1.165) is 6.54 Å². The number of hydrogen-bond donors (Lipinski definition) is 2. The van der Waals surface area contributed by atoms with Gasteiger partial charge < -0.3 is 30.2 Å². The predicted octanol–water partition coefficient (Wildman–Crippen LogP) is 1.31. The summed E-state index contributed by atoms with van der Waals surface area (Å²) in [6.45, 7) is 1.94. The molecular formula is C18H26ClN3O5. The molecule has 0 saturated carbocycles. The molecule has 0 aromatic heterocycles. The second-order valence-corrected chi connectivity index (χ2v) is 6.75. The Labute approximate surface area is 163 Å². The number of likely N-dealkylation sites (tertiary alicyclic amines) is 1. The molecule has 0 radical (unpaired) electrons. The Balaban J connectivity index is 2.02. The zero-order valence-corrected chi connectivity index (χ0v) is 16.5. The molecule has 1 amide bonds. The van der Waals surface area contributed by atoms with Gasteiger partial charge in [0.25, 0.3) is 5.91 Å². The molecule has 1 aromatic carbocycles. The van der Waals surface area contributed by atoms with E-state index < -0.39 is 0 Å². The summed E-state index contributed by atoms with van der Waals surface area (Å²) in [5.74, 6) is -0.186. The van der Waals surface area contributed by atoms with Crippen molar-refractivity contribution in [1.29, 1.82) is 0 Å². The first-order valence-electron chi connectivity index (χ1n) is 8.65. The van der Waals surface area contributed by atoms with Crippen LogP contribution in [-0.2, 0) is 14.3 Å². The van der Waals surface area contributed by atoms with Gasteiger partial charge in [0.15, 0.2) is 0 Å². The molecule has 0 aliphatic carbocycles. The van der Waals surface area contributed by atoms with Crippen LogP contribution in [-0.4, -0.2) is 69.9 Å². The summed E-state index contributed by atoms with van der Waals surface area (Å²) in [5.41, 5.74) is 6.43. The van der Waals surface area contributed by atoms with Crippen molar-refractivity contribution in [3.05, 3.63) is 22.7 Å². The van der Waals surface area contributed by atoms with Gasteiger partial charge in [0.2, 0.25) is 0 Å². The van der Waals surface area contributed by atoms with Crippen molar-refractivity contribution in [3.8, 4) is 5.75 Å². The van der Waals surface area contributed by atoms with Gasteiger partial charge in [0.1, 0.15) is 5.75 Å². The topological polar surface area (TPSA) is 103 Å². The number of methoxy groups -OCH3 is 3. The molecule has 3 N–H and O–H groups in total. The summed E-state index contributed by atoms with van der Waals surface area (Å²) >= 11 is 6.05.